The number of aliphatic imine (C=N–C) groups is 1. The van der Waals surface area contributed by atoms with Gasteiger partial charge in [0.2, 0.25) is 0 Å². The van der Waals surface area contributed by atoms with Gasteiger partial charge in [-0.3, -0.25) is 9.69 Å². The second kappa shape index (κ2) is 9.96. The average Bonchev–Trinajstić information content (AvgIpc) is 3.14. The van der Waals surface area contributed by atoms with Crippen LogP contribution < -0.4 is 9.64 Å². The molecule has 4 rings (SSSR count). The molecule has 5 nitrogen and oxygen atoms in total. The summed E-state index contributed by atoms with van der Waals surface area (Å²) in [5, 5.41) is 10.7. The maximum Gasteiger partial charge on any atom is 0.271 e. The van der Waals surface area contributed by atoms with Crippen LogP contribution in [0.3, 0.4) is 0 Å². The summed E-state index contributed by atoms with van der Waals surface area (Å²) in [6.45, 7) is 4.21. The van der Waals surface area contributed by atoms with Gasteiger partial charge in [-0.2, -0.15) is 0 Å². The summed E-state index contributed by atoms with van der Waals surface area (Å²) in [5.41, 5.74) is 4.71. The average molecular weight is 459 g/mol. The van der Waals surface area contributed by atoms with Crippen LogP contribution in [0, 0.1) is 0 Å². The Morgan fingerprint density at radius 2 is 1.61 bits per heavy atom. The van der Waals surface area contributed by atoms with Gasteiger partial charge < -0.3 is 9.84 Å². The smallest absolute Gasteiger partial charge is 0.271 e. The molecule has 168 valence electrons. The minimum absolute atomic E-state index is 0.0270. The van der Waals surface area contributed by atoms with Gasteiger partial charge in [-0.05, 0) is 83.8 Å². The van der Waals surface area contributed by atoms with Gasteiger partial charge in [-0.25, -0.2) is 4.99 Å². The van der Waals surface area contributed by atoms with Crippen LogP contribution >= 0.6 is 11.8 Å². The lowest BCUT2D eigenvalue weighted by Crippen LogP contribution is -2.28. The highest BCUT2D eigenvalue weighted by Crippen LogP contribution is 2.38. The van der Waals surface area contributed by atoms with Crippen LogP contribution in [0.15, 0.2) is 76.6 Å². The number of methoxy groups -OCH3 is 1. The highest BCUT2D eigenvalue weighted by atomic mass is 32.2. The molecule has 1 amide bonds. The van der Waals surface area contributed by atoms with Gasteiger partial charge in [0.05, 0.1) is 23.4 Å². The molecule has 3 aromatic rings. The number of ether oxygens (including phenoxy) is 1. The largest absolute Gasteiger partial charge is 0.504 e. The number of phenolic OH excluding ortho intramolecular Hbond substituents is 1. The number of amides is 1. The summed E-state index contributed by atoms with van der Waals surface area (Å²) in [7, 11) is 1.50. The van der Waals surface area contributed by atoms with E-state index >= 15 is 0 Å². The molecule has 0 bridgehead atoms. The van der Waals surface area contributed by atoms with Crippen molar-refractivity contribution >= 4 is 40.3 Å². The molecule has 6 heteroatoms. The molecule has 0 radical (unpaired) electrons. The van der Waals surface area contributed by atoms with Crippen LogP contribution in [0.2, 0.25) is 0 Å². The van der Waals surface area contributed by atoms with Crippen molar-refractivity contribution < 1.29 is 14.6 Å². The Labute approximate surface area is 198 Å². The molecule has 3 aromatic carbocycles. The zero-order valence-electron chi connectivity index (χ0n) is 18.9. The van der Waals surface area contributed by atoms with Crippen molar-refractivity contribution in [3.63, 3.8) is 0 Å². The van der Waals surface area contributed by atoms with Gasteiger partial charge >= 0.3 is 0 Å². The van der Waals surface area contributed by atoms with Crippen molar-refractivity contribution in [3.05, 3.63) is 88.3 Å². The molecule has 0 aromatic heterocycles. The number of benzene rings is 3. The van der Waals surface area contributed by atoms with Crippen LogP contribution in [-0.2, 0) is 17.6 Å². The minimum Gasteiger partial charge on any atom is -0.504 e. The van der Waals surface area contributed by atoms with Gasteiger partial charge in [0, 0.05) is 0 Å². The van der Waals surface area contributed by atoms with Crippen molar-refractivity contribution in [2.24, 2.45) is 4.99 Å². The highest BCUT2D eigenvalue weighted by molar-refractivity contribution is 8.19. The third kappa shape index (κ3) is 4.96. The normalized spacial score (nSPS) is 16.1. The second-order valence-corrected chi connectivity index (χ2v) is 8.63. The van der Waals surface area contributed by atoms with Gasteiger partial charge in [0.1, 0.15) is 0 Å². The lowest BCUT2D eigenvalue weighted by Gasteiger charge is -2.16. The first kappa shape index (κ1) is 22.7. The first-order chi connectivity index (χ1) is 16.0. The highest BCUT2D eigenvalue weighted by Gasteiger charge is 2.34. The fourth-order valence-electron chi connectivity index (χ4n) is 3.52. The van der Waals surface area contributed by atoms with Gasteiger partial charge in [0.15, 0.2) is 16.7 Å². The molecule has 1 aliphatic rings. The quantitative estimate of drug-likeness (QED) is 0.438. The number of hydrogen-bond acceptors (Lipinski definition) is 5. The van der Waals surface area contributed by atoms with Crippen molar-refractivity contribution in [2.45, 2.75) is 26.7 Å². The lowest BCUT2D eigenvalue weighted by molar-refractivity contribution is -0.113. The third-order valence-electron chi connectivity index (χ3n) is 5.48. The Balaban J connectivity index is 1.74. The van der Waals surface area contributed by atoms with E-state index < -0.39 is 0 Å². The van der Waals surface area contributed by atoms with Crippen molar-refractivity contribution in [1.29, 1.82) is 0 Å². The molecule has 1 aliphatic heterocycles. The van der Waals surface area contributed by atoms with E-state index in [-0.39, 0.29) is 11.7 Å². The fraction of sp³-hybridized carbons (Fsp3) is 0.185. The van der Waals surface area contributed by atoms with Crippen LogP contribution in [0.5, 0.6) is 11.5 Å². The Morgan fingerprint density at radius 1 is 0.970 bits per heavy atom. The Bertz CT molecular complexity index is 1220. The number of carbonyl (C=O) groups excluding carboxylic acids is 1. The van der Waals surface area contributed by atoms with E-state index in [1.54, 1.807) is 29.2 Å². The van der Waals surface area contributed by atoms with E-state index in [0.717, 1.165) is 24.2 Å². The van der Waals surface area contributed by atoms with Crippen LogP contribution in [0.1, 0.15) is 30.5 Å². The number of anilines is 1. The molecule has 0 saturated carbocycles. The number of aromatic hydroxyl groups is 1. The molecular weight excluding hydrogens is 432 g/mol. The van der Waals surface area contributed by atoms with Gasteiger partial charge in [0.25, 0.3) is 5.91 Å². The first-order valence-corrected chi connectivity index (χ1v) is 11.7. The summed E-state index contributed by atoms with van der Waals surface area (Å²) in [4.78, 5) is 20.4. The molecule has 0 spiro atoms. The summed E-state index contributed by atoms with van der Waals surface area (Å²) in [6, 6.07) is 21.1. The van der Waals surface area contributed by atoms with E-state index in [0.29, 0.717) is 21.4 Å². The predicted molar refractivity (Wildman–Crippen MR) is 136 cm³/mol. The van der Waals surface area contributed by atoms with Crippen molar-refractivity contribution in [1.82, 2.24) is 0 Å². The molecule has 1 saturated heterocycles. The van der Waals surface area contributed by atoms with E-state index in [1.165, 1.54) is 30.0 Å². The lowest BCUT2D eigenvalue weighted by atomic mass is 10.1. The monoisotopic (exact) mass is 458 g/mol. The maximum atomic E-state index is 13.4. The molecule has 0 aliphatic carbocycles. The summed E-state index contributed by atoms with van der Waals surface area (Å²) in [5.74, 6) is 0.265. The number of nitrogens with zero attached hydrogens (tertiary/aromatic N) is 2. The Morgan fingerprint density at radius 3 is 2.18 bits per heavy atom. The Kier molecular flexibility index (Phi) is 6.84. The van der Waals surface area contributed by atoms with Gasteiger partial charge in [-0.1, -0.05) is 44.2 Å². The van der Waals surface area contributed by atoms with Gasteiger partial charge in [-0.15, -0.1) is 0 Å². The molecule has 1 fully saturated rings. The predicted octanol–water partition coefficient (Wildman–Crippen LogP) is 6.33. The number of thioether (sulfide) groups is 1. The number of hydrogen-bond donors (Lipinski definition) is 1. The van der Waals surface area contributed by atoms with Crippen molar-refractivity contribution in [2.75, 3.05) is 12.0 Å². The molecule has 0 unspecified atom stereocenters. The zero-order valence-corrected chi connectivity index (χ0v) is 19.7. The molecule has 1 heterocycles. The number of rotatable bonds is 6. The molecule has 1 N–H and O–H groups in total. The zero-order chi connectivity index (χ0) is 23.4. The summed E-state index contributed by atoms with van der Waals surface area (Å²) in [6.07, 6.45) is 3.66. The first-order valence-electron chi connectivity index (χ1n) is 10.9. The third-order valence-corrected chi connectivity index (χ3v) is 6.45. The standard InChI is InChI=1S/C27H26N2O3S/c1-4-18-6-11-21(12-7-18)28-27-29(22-13-8-19(5-2)9-14-22)26(31)25(33-27)17-20-10-15-24(32-3)23(30)16-20/h6-17,30H,4-5H2,1-3H3/b25-17-,28-27?. The second-order valence-electron chi connectivity index (χ2n) is 7.62. The molecular formula is C27H26N2O3S. The summed E-state index contributed by atoms with van der Waals surface area (Å²) >= 11 is 1.32. The fourth-order valence-corrected chi connectivity index (χ4v) is 4.52. The number of aryl methyl sites for hydroxylation is 2. The number of carbonyl (C=O) groups is 1. The maximum absolute atomic E-state index is 13.4. The molecule has 33 heavy (non-hydrogen) atoms. The SMILES string of the molecule is CCc1ccc(N=C2S/C(=C\c3ccc(OC)c(O)c3)C(=O)N2c2ccc(CC)cc2)cc1. The van der Waals surface area contributed by atoms with E-state index in [4.69, 9.17) is 9.73 Å². The van der Waals surface area contributed by atoms with Crippen LogP contribution in [0.25, 0.3) is 6.08 Å². The number of amidine groups is 1. The molecule has 0 atom stereocenters. The van der Waals surface area contributed by atoms with Crippen LogP contribution in [-0.4, -0.2) is 23.3 Å². The van der Waals surface area contributed by atoms with Crippen molar-refractivity contribution in [3.8, 4) is 11.5 Å². The number of phenols is 1. The summed E-state index contributed by atoms with van der Waals surface area (Å²) < 4.78 is 5.11. The van der Waals surface area contributed by atoms with Crippen LogP contribution in [0.4, 0.5) is 11.4 Å². The minimum atomic E-state index is -0.150. The Hall–Kier alpha value is -3.51. The topological polar surface area (TPSA) is 62.1 Å². The van der Waals surface area contributed by atoms with E-state index in [1.807, 2.05) is 36.4 Å². The van der Waals surface area contributed by atoms with E-state index in [9.17, 15) is 9.90 Å². The van der Waals surface area contributed by atoms with E-state index in [2.05, 4.69) is 26.0 Å².